The van der Waals surface area contributed by atoms with Gasteiger partial charge in [0.1, 0.15) is 73.2 Å². The highest BCUT2D eigenvalue weighted by Gasteiger charge is 2.73. The summed E-state index contributed by atoms with van der Waals surface area (Å²) in [5.74, 6) is -0.631. The van der Waals surface area contributed by atoms with Crippen molar-refractivity contribution in [3.05, 3.63) is 0 Å². The molecule has 0 radical (unpaired) electrons. The molecule has 386 valence electrons. The van der Waals surface area contributed by atoms with E-state index >= 15 is 0 Å². The highest BCUT2D eigenvalue weighted by Crippen LogP contribution is 2.78. The average Bonchev–Trinajstić information content (AvgIpc) is 3.69. The molecule has 0 unspecified atom stereocenters. The van der Waals surface area contributed by atoms with Gasteiger partial charge in [-0.2, -0.15) is 0 Å². The Morgan fingerprint density at radius 3 is 1.70 bits per heavy atom. The van der Waals surface area contributed by atoms with Gasteiger partial charge in [0.2, 0.25) is 6.29 Å². The van der Waals surface area contributed by atoms with E-state index in [4.69, 9.17) is 28.4 Å². The minimum absolute atomic E-state index is 0.0296. The van der Waals surface area contributed by atoms with Crippen molar-refractivity contribution in [2.24, 2.45) is 56.7 Å². The van der Waals surface area contributed by atoms with Crippen molar-refractivity contribution in [2.45, 2.75) is 216 Å². The zero-order valence-corrected chi connectivity index (χ0v) is 40.0. The molecule has 0 spiro atoms. The summed E-state index contributed by atoms with van der Waals surface area (Å²) in [4.78, 5) is 14.7. The van der Waals surface area contributed by atoms with Gasteiger partial charge in [-0.15, -0.1) is 0 Å². The van der Waals surface area contributed by atoms with E-state index in [-0.39, 0.29) is 45.8 Å². The molecule has 67 heavy (non-hydrogen) atoms. The standard InChI is InChI=1S/C48H80O19/c1-43(2)26-11-14-47(7)27(45(26,5)13-12-28(43)65-41-38(35(57)32(54)25(20-51)64-41)66-39-36(58)33(55)30(52)23(18-49)62-39)9-8-22-29-21(44(3,4)61)10-15-48(29,17-16-46(22,47)6)42(60)67-40-37(59)34(56)31(53)24(19-50)63-40/h21-41,49-59,61H,8-20H2,1-7H3/t21-,22-,23-,24-,25-,26+,27-,28+,29-,30+,31-,32-,33+,34+,35+,36-,37-,38-,39+,40+,41+,45+,46-,47-,48+/m1/s1. The Bertz CT molecular complexity index is 1760. The summed E-state index contributed by atoms with van der Waals surface area (Å²) in [7, 11) is 0. The molecule has 0 aromatic rings. The summed E-state index contributed by atoms with van der Waals surface area (Å²) in [6, 6.07) is 0. The maximum atomic E-state index is 14.7. The van der Waals surface area contributed by atoms with Crippen LogP contribution < -0.4 is 0 Å². The SMILES string of the molecule is CC(C)(O)[C@@H]1CC[C@]2(C(=O)O[C@@H]3O[C@H](CO)[C@@H](O)[C@H](O)[C@H]3O)CC[C@]3(C)[C@H](CC[C@@H]4[C@@]5(C)CC[C@H](O[C@@H]6O[C@H](CO)[C@@H](O)[C@H](O)[C@H]6O[C@@H]6O[C@H](CO)[C@H](O)[C@H](O)[C@H]6O)C(C)(C)[C@@H]5CC[C@]43C)[C@@H]12. The van der Waals surface area contributed by atoms with E-state index in [1.807, 2.05) is 0 Å². The highest BCUT2D eigenvalue weighted by molar-refractivity contribution is 5.78. The van der Waals surface area contributed by atoms with Gasteiger partial charge in [-0.3, -0.25) is 4.79 Å². The predicted molar refractivity (Wildman–Crippen MR) is 232 cm³/mol. The number of hydrogen-bond donors (Lipinski definition) is 12. The summed E-state index contributed by atoms with van der Waals surface area (Å²) < 4.78 is 36.1. The summed E-state index contributed by atoms with van der Waals surface area (Å²) in [6.45, 7) is 13.2. The summed E-state index contributed by atoms with van der Waals surface area (Å²) in [6.07, 6.45) is -16.8. The Hall–Kier alpha value is -1.21. The van der Waals surface area contributed by atoms with Crippen molar-refractivity contribution in [1.29, 1.82) is 0 Å². The monoisotopic (exact) mass is 961 g/mol. The van der Waals surface area contributed by atoms with E-state index in [1.54, 1.807) is 13.8 Å². The van der Waals surface area contributed by atoms with E-state index in [9.17, 15) is 66.1 Å². The van der Waals surface area contributed by atoms with Crippen LogP contribution in [0.3, 0.4) is 0 Å². The van der Waals surface area contributed by atoms with Crippen molar-refractivity contribution >= 4 is 5.97 Å². The molecular formula is C48H80O19. The Kier molecular flexibility index (Phi) is 14.3. The maximum absolute atomic E-state index is 14.7. The van der Waals surface area contributed by atoms with Crippen LogP contribution in [0.25, 0.3) is 0 Å². The molecule has 12 N–H and O–H groups in total. The number of aliphatic hydroxyl groups excluding tert-OH is 11. The van der Waals surface area contributed by atoms with Gasteiger partial charge in [0.05, 0.1) is 36.9 Å². The molecular weight excluding hydrogens is 881 g/mol. The molecule has 5 aliphatic carbocycles. The van der Waals surface area contributed by atoms with Gasteiger partial charge in [-0.25, -0.2) is 0 Å². The molecule has 3 aliphatic heterocycles. The third kappa shape index (κ3) is 8.08. The first kappa shape index (κ1) is 52.1. The first-order valence-corrected chi connectivity index (χ1v) is 24.7. The van der Waals surface area contributed by atoms with Crippen molar-refractivity contribution < 1.29 is 94.5 Å². The molecule has 8 aliphatic rings. The number of carbonyl (C=O) groups is 1. The zero-order valence-electron chi connectivity index (χ0n) is 40.0. The van der Waals surface area contributed by atoms with Gasteiger partial charge in [-0.05, 0) is 129 Å². The number of esters is 1. The molecule has 19 nitrogen and oxygen atoms in total. The molecule has 0 aromatic carbocycles. The topological polar surface area (TPSA) is 315 Å². The van der Waals surface area contributed by atoms with Gasteiger partial charge in [0.15, 0.2) is 12.6 Å². The van der Waals surface area contributed by atoms with E-state index in [0.717, 1.165) is 32.1 Å². The van der Waals surface area contributed by atoms with E-state index in [0.29, 0.717) is 32.1 Å². The fourth-order valence-electron chi connectivity index (χ4n) is 16.1. The second-order valence-corrected chi connectivity index (χ2v) is 23.7. The normalized spacial score (nSPS) is 54.3. The molecule has 0 aromatic heterocycles. The zero-order chi connectivity index (χ0) is 49.1. The van der Waals surface area contributed by atoms with Crippen LogP contribution in [0.15, 0.2) is 0 Å². The van der Waals surface area contributed by atoms with Crippen LogP contribution >= 0.6 is 0 Å². The third-order valence-corrected chi connectivity index (χ3v) is 20.0. The van der Waals surface area contributed by atoms with Crippen molar-refractivity contribution in [1.82, 2.24) is 0 Å². The van der Waals surface area contributed by atoms with E-state index < -0.39 is 140 Å². The van der Waals surface area contributed by atoms with Crippen molar-refractivity contribution in [3.63, 3.8) is 0 Å². The summed E-state index contributed by atoms with van der Waals surface area (Å²) in [5, 5.41) is 127. The molecule has 8 fully saturated rings. The second kappa shape index (κ2) is 18.4. The predicted octanol–water partition coefficient (Wildman–Crippen LogP) is -0.809. The fraction of sp³-hybridized carbons (Fsp3) is 0.979. The number of hydrogen-bond acceptors (Lipinski definition) is 19. The lowest BCUT2D eigenvalue weighted by Crippen LogP contribution is -2.68. The first-order chi connectivity index (χ1) is 31.3. The Balaban J connectivity index is 1.03. The summed E-state index contributed by atoms with van der Waals surface area (Å²) in [5.41, 5.74) is -3.23. The van der Waals surface area contributed by atoms with Crippen LogP contribution in [0, 0.1) is 56.7 Å². The Morgan fingerprint density at radius 1 is 0.567 bits per heavy atom. The third-order valence-electron chi connectivity index (χ3n) is 20.0. The molecule has 0 amide bonds. The molecule has 19 heteroatoms. The Labute approximate surface area is 392 Å². The van der Waals surface area contributed by atoms with Crippen LogP contribution in [-0.4, -0.2) is 191 Å². The number of ether oxygens (including phenoxy) is 6. The molecule has 0 bridgehead atoms. The lowest BCUT2D eigenvalue weighted by molar-refractivity contribution is -0.378. The van der Waals surface area contributed by atoms with E-state index in [2.05, 4.69) is 34.6 Å². The quantitative estimate of drug-likeness (QED) is 0.0941. The van der Waals surface area contributed by atoms with Gasteiger partial charge < -0.3 is 89.7 Å². The van der Waals surface area contributed by atoms with Gasteiger partial charge in [0.25, 0.3) is 0 Å². The molecule has 25 atom stereocenters. The van der Waals surface area contributed by atoms with Crippen LogP contribution in [0.5, 0.6) is 0 Å². The largest absolute Gasteiger partial charge is 0.432 e. The van der Waals surface area contributed by atoms with Crippen LogP contribution in [-0.2, 0) is 33.2 Å². The average molecular weight is 961 g/mol. The minimum atomic E-state index is -1.79. The lowest BCUT2D eigenvalue weighted by Gasteiger charge is -2.73. The van der Waals surface area contributed by atoms with Crippen LogP contribution in [0.1, 0.15) is 113 Å². The number of fused-ring (bicyclic) bond motifs is 7. The first-order valence-electron chi connectivity index (χ1n) is 24.7. The van der Waals surface area contributed by atoms with Gasteiger partial charge in [-0.1, -0.05) is 34.6 Å². The molecule has 3 saturated heterocycles. The number of aliphatic hydroxyl groups is 12. The molecule has 8 rings (SSSR count). The molecule has 3 heterocycles. The van der Waals surface area contributed by atoms with Crippen molar-refractivity contribution in [3.8, 4) is 0 Å². The van der Waals surface area contributed by atoms with Crippen LogP contribution in [0.4, 0.5) is 0 Å². The van der Waals surface area contributed by atoms with Crippen LogP contribution in [0.2, 0.25) is 0 Å². The van der Waals surface area contributed by atoms with Gasteiger partial charge >= 0.3 is 5.97 Å². The lowest BCUT2D eigenvalue weighted by atomic mass is 9.32. The second-order valence-electron chi connectivity index (χ2n) is 23.7. The molecule has 5 saturated carbocycles. The smallest absolute Gasteiger partial charge is 0.314 e. The Morgan fingerprint density at radius 2 is 1.12 bits per heavy atom. The maximum Gasteiger partial charge on any atom is 0.314 e. The van der Waals surface area contributed by atoms with Gasteiger partial charge in [0, 0.05) is 0 Å². The van der Waals surface area contributed by atoms with Crippen molar-refractivity contribution in [2.75, 3.05) is 19.8 Å². The number of rotatable bonds is 10. The summed E-state index contributed by atoms with van der Waals surface area (Å²) >= 11 is 0. The van der Waals surface area contributed by atoms with E-state index in [1.165, 1.54) is 0 Å². The number of carbonyl (C=O) groups excluding carboxylic acids is 1. The minimum Gasteiger partial charge on any atom is -0.432 e. The highest BCUT2D eigenvalue weighted by atomic mass is 16.8. The fourth-order valence-corrected chi connectivity index (χ4v) is 16.1.